The van der Waals surface area contributed by atoms with E-state index < -0.39 is 6.09 Å². The number of nitriles is 1. The highest BCUT2D eigenvalue weighted by molar-refractivity contribution is 5.95. The van der Waals surface area contributed by atoms with Gasteiger partial charge in [0.25, 0.3) is 0 Å². The second kappa shape index (κ2) is 9.78. The molecule has 1 saturated heterocycles. The van der Waals surface area contributed by atoms with Gasteiger partial charge in [-0.2, -0.15) is 5.26 Å². The molecule has 0 atom stereocenters. The average Bonchev–Trinajstić information content (AvgIpc) is 3.62. The molecule has 2 heterocycles. The highest BCUT2D eigenvalue weighted by Gasteiger charge is 2.27. The van der Waals surface area contributed by atoms with Gasteiger partial charge in [-0.15, -0.1) is 0 Å². The molecule has 5 rings (SSSR count). The van der Waals surface area contributed by atoms with Crippen LogP contribution in [0.2, 0.25) is 0 Å². The average molecular weight is 460 g/mol. The molecule has 0 radical (unpaired) electrons. The molecule has 1 N–H and O–H groups in total. The molecule has 176 valence electrons. The largest absolute Gasteiger partial charge is 0.490 e. The molecule has 2 aromatic carbocycles. The monoisotopic (exact) mass is 459 g/mol. The van der Waals surface area contributed by atoms with Crippen molar-refractivity contribution in [3.05, 3.63) is 48.0 Å². The third kappa shape index (κ3) is 4.73. The van der Waals surface area contributed by atoms with Crippen molar-refractivity contribution in [1.82, 2.24) is 9.88 Å². The molecule has 0 spiro atoms. The van der Waals surface area contributed by atoms with Crippen LogP contribution in [0, 0.1) is 17.2 Å². The van der Waals surface area contributed by atoms with E-state index in [9.17, 15) is 10.1 Å². The molecule has 2 aliphatic rings. The predicted molar refractivity (Wildman–Crippen MR) is 129 cm³/mol. The van der Waals surface area contributed by atoms with Gasteiger partial charge in [-0.3, -0.25) is 0 Å². The van der Waals surface area contributed by atoms with Gasteiger partial charge in [-0.25, -0.2) is 4.79 Å². The molecule has 1 aliphatic carbocycles. The van der Waals surface area contributed by atoms with Gasteiger partial charge in [-0.1, -0.05) is 0 Å². The number of aromatic nitrogens is 1. The molecule has 1 aromatic heterocycles. The Labute approximate surface area is 199 Å². The van der Waals surface area contributed by atoms with Crippen LogP contribution < -0.4 is 14.8 Å². The smallest absolute Gasteiger partial charge is 0.412 e. The molecule has 3 aromatic rings. The number of carbonyl (C=O) groups is 1. The van der Waals surface area contributed by atoms with E-state index in [0.29, 0.717) is 23.8 Å². The number of amides is 1. The number of hydrogen-bond donors (Lipinski definition) is 1. The lowest BCUT2D eigenvalue weighted by Crippen LogP contribution is -2.26. The quantitative estimate of drug-likeness (QED) is 0.521. The summed E-state index contributed by atoms with van der Waals surface area (Å²) in [5.74, 6) is 1.92. The predicted octanol–water partition coefficient (Wildman–Crippen LogP) is 5.26. The summed E-state index contributed by atoms with van der Waals surface area (Å²) < 4.78 is 19.3. The number of nitrogens with one attached hydrogen (secondary N) is 1. The first-order valence-electron chi connectivity index (χ1n) is 12.0. The molecule has 0 bridgehead atoms. The summed E-state index contributed by atoms with van der Waals surface area (Å²) in [7, 11) is 0. The van der Waals surface area contributed by atoms with E-state index in [2.05, 4.69) is 22.0 Å². The maximum Gasteiger partial charge on any atom is 0.412 e. The van der Waals surface area contributed by atoms with E-state index in [4.69, 9.17) is 14.2 Å². The fraction of sp³-hybridized carbons (Fsp3) is 0.407. The Hall–Kier alpha value is -3.50. The van der Waals surface area contributed by atoms with Gasteiger partial charge in [-0.05, 0) is 67.6 Å². The van der Waals surface area contributed by atoms with Crippen LogP contribution in [0.15, 0.2) is 42.5 Å². The molecule has 1 amide bonds. The van der Waals surface area contributed by atoms with Crippen molar-refractivity contribution in [2.75, 3.05) is 19.8 Å². The highest BCUT2D eigenvalue weighted by atomic mass is 16.6. The summed E-state index contributed by atoms with van der Waals surface area (Å²) >= 11 is 0. The molecular weight excluding hydrogens is 430 g/mol. The van der Waals surface area contributed by atoms with Crippen molar-refractivity contribution < 1.29 is 19.0 Å². The van der Waals surface area contributed by atoms with Crippen LogP contribution in [-0.4, -0.2) is 36.5 Å². The number of ether oxygens (including phenoxy) is 3. The Balaban J connectivity index is 1.52. The molecule has 7 heteroatoms. The number of benzene rings is 2. The summed E-state index contributed by atoms with van der Waals surface area (Å²) in [5.41, 5.74) is 3.50. The lowest BCUT2D eigenvalue weighted by Gasteiger charge is -2.23. The molecule has 1 aliphatic heterocycles. The fourth-order valence-electron chi connectivity index (χ4n) is 4.52. The summed E-state index contributed by atoms with van der Waals surface area (Å²) in [4.78, 5) is 11.7. The zero-order chi connectivity index (χ0) is 23.5. The van der Waals surface area contributed by atoms with Crippen LogP contribution in [0.1, 0.15) is 38.2 Å². The zero-order valence-electron chi connectivity index (χ0n) is 19.4. The van der Waals surface area contributed by atoms with Gasteiger partial charge in [0.15, 0.2) is 0 Å². The van der Waals surface area contributed by atoms with E-state index >= 15 is 0 Å². The number of nitrogens with zero attached hydrogens (tertiary/aromatic N) is 2. The Morgan fingerprint density at radius 3 is 2.53 bits per heavy atom. The minimum atomic E-state index is -0.479. The number of hydrogen-bond acceptors (Lipinski definition) is 5. The lowest BCUT2D eigenvalue weighted by atomic mass is 10.1. The van der Waals surface area contributed by atoms with Crippen LogP contribution in [0.4, 0.5) is 4.79 Å². The molecule has 0 unspecified atom stereocenters. The topological polar surface area (TPSA) is 85.5 Å². The van der Waals surface area contributed by atoms with E-state index in [1.165, 1.54) is 12.8 Å². The van der Waals surface area contributed by atoms with Gasteiger partial charge < -0.3 is 24.1 Å². The Kier molecular flexibility index (Phi) is 6.41. The summed E-state index contributed by atoms with van der Waals surface area (Å²) in [6.07, 6.45) is 3.87. The second-order valence-electron chi connectivity index (χ2n) is 8.94. The maximum atomic E-state index is 11.7. The van der Waals surface area contributed by atoms with Crippen molar-refractivity contribution in [1.29, 1.82) is 5.26 Å². The zero-order valence-corrected chi connectivity index (χ0v) is 19.4. The fourth-order valence-corrected chi connectivity index (χ4v) is 4.52. The summed E-state index contributed by atoms with van der Waals surface area (Å²) in [6, 6.07) is 15.8. The number of fused-ring (bicyclic) bond motifs is 1. The third-order valence-electron chi connectivity index (χ3n) is 6.42. The van der Waals surface area contributed by atoms with Gasteiger partial charge in [0.2, 0.25) is 0 Å². The molecule has 34 heavy (non-hydrogen) atoms. The summed E-state index contributed by atoms with van der Waals surface area (Å²) in [6.45, 7) is 4.67. The molecule has 2 fully saturated rings. The van der Waals surface area contributed by atoms with Crippen molar-refractivity contribution in [3.8, 4) is 28.8 Å². The SMILES string of the molecule is CCNC(=O)Oc1ccc(-c2c(C#N)c3ccc(OC4CCOCC4)cc3n2CC2CC2)cc1. The molecule has 7 nitrogen and oxygen atoms in total. The van der Waals surface area contributed by atoms with Crippen molar-refractivity contribution >= 4 is 17.0 Å². The van der Waals surface area contributed by atoms with Crippen molar-refractivity contribution in [2.24, 2.45) is 5.92 Å². The summed E-state index contributed by atoms with van der Waals surface area (Å²) in [5, 5.41) is 13.7. The first-order chi connectivity index (χ1) is 16.7. The lowest BCUT2D eigenvalue weighted by molar-refractivity contribution is 0.0256. The highest BCUT2D eigenvalue weighted by Crippen LogP contribution is 2.40. The normalized spacial score (nSPS) is 16.2. The van der Waals surface area contributed by atoms with Crippen molar-refractivity contribution in [2.45, 2.75) is 45.3 Å². The Morgan fingerprint density at radius 1 is 1.12 bits per heavy atom. The van der Waals surface area contributed by atoms with Gasteiger partial charge >= 0.3 is 6.09 Å². The van der Waals surface area contributed by atoms with Crippen LogP contribution in [0.5, 0.6) is 11.5 Å². The number of carbonyl (C=O) groups excluding carboxylic acids is 1. The van der Waals surface area contributed by atoms with Crippen molar-refractivity contribution in [3.63, 3.8) is 0 Å². The third-order valence-corrected chi connectivity index (χ3v) is 6.42. The first-order valence-corrected chi connectivity index (χ1v) is 12.0. The van der Waals surface area contributed by atoms with Crippen LogP contribution in [0.3, 0.4) is 0 Å². The van der Waals surface area contributed by atoms with E-state index in [1.807, 2.05) is 31.2 Å². The van der Waals surface area contributed by atoms with Crippen LogP contribution in [-0.2, 0) is 11.3 Å². The minimum absolute atomic E-state index is 0.158. The van der Waals surface area contributed by atoms with Crippen LogP contribution >= 0.6 is 0 Å². The minimum Gasteiger partial charge on any atom is -0.490 e. The van der Waals surface area contributed by atoms with E-state index in [0.717, 1.165) is 60.5 Å². The maximum absolute atomic E-state index is 11.7. The molecular formula is C27H29N3O4. The standard InChI is InChI=1S/C27H29N3O4/c1-2-29-27(31)34-20-7-5-19(6-8-20)26-24(16-28)23-10-9-22(33-21-11-13-32-14-12-21)15-25(23)30(26)17-18-3-4-18/h5-10,15,18,21H,2-4,11-14,17H2,1H3,(H,29,31). The van der Waals surface area contributed by atoms with Gasteiger partial charge in [0.1, 0.15) is 23.7 Å². The molecule has 1 saturated carbocycles. The second-order valence-corrected chi connectivity index (χ2v) is 8.94. The van der Waals surface area contributed by atoms with Crippen LogP contribution in [0.25, 0.3) is 22.2 Å². The van der Waals surface area contributed by atoms with E-state index in [1.54, 1.807) is 12.1 Å². The van der Waals surface area contributed by atoms with Gasteiger partial charge in [0, 0.05) is 37.4 Å². The Morgan fingerprint density at radius 2 is 1.85 bits per heavy atom. The number of rotatable bonds is 7. The first kappa shape index (κ1) is 22.3. The Bertz CT molecular complexity index is 1220. The van der Waals surface area contributed by atoms with Gasteiger partial charge in [0.05, 0.1) is 30.0 Å². The van der Waals surface area contributed by atoms with E-state index in [-0.39, 0.29) is 6.10 Å².